The van der Waals surface area contributed by atoms with Crippen LogP contribution in [0.1, 0.15) is 13.3 Å². The molecule has 1 aromatic rings. The molecule has 1 heterocycles. The first kappa shape index (κ1) is 17.1. The number of benzene rings is 1. The van der Waals surface area contributed by atoms with Gasteiger partial charge in [-0.15, -0.1) is 0 Å². The number of nitrogens with zero attached hydrogens (tertiary/aromatic N) is 2. The second-order valence-electron chi connectivity index (χ2n) is 5.87. The van der Waals surface area contributed by atoms with Gasteiger partial charge < -0.3 is 9.80 Å². The van der Waals surface area contributed by atoms with E-state index < -0.39 is 9.05 Å². The first-order valence-corrected chi connectivity index (χ1v) is 9.72. The van der Waals surface area contributed by atoms with Crippen LogP contribution in [-0.2, 0) is 13.8 Å². The molecule has 1 fully saturated rings. The molecule has 5 nitrogen and oxygen atoms in total. The average molecular weight is 345 g/mol. The third-order valence-corrected chi connectivity index (χ3v) is 5.29. The lowest BCUT2D eigenvalue weighted by molar-refractivity contribution is -0.127. The number of amides is 1. The number of hydrogen-bond donors (Lipinski definition) is 0. The van der Waals surface area contributed by atoms with Gasteiger partial charge >= 0.3 is 0 Å². The summed E-state index contributed by atoms with van der Waals surface area (Å²) in [6.07, 6.45) is 0.258. The van der Waals surface area contributed by atoms with Gasteiger partial charge in [-0.05, 0) is 19.1 Å². The Morgan fingerprint density at radius 3 is 2.59 bits per heavy atom. The topological polar surface area (TPSA) is 57.7 Å². The van der Waals surface area contributed by atoms with Crippen molar-refractivity contribution in [3.63, 3.8) is 0 Å². The summed E-state index contributed by atoms with van der Waals surface area (Å²) in [5.41, 5.74) is 1.08. The standard InChI is InChI=1S/C15H21ClN2O3S/c1-12(17(2)14-6-4-3-5-7-14)9-18-10-13(8-15(18)19)11-22(16,20)21/h3-7,12-13H,8-11H2,1-2H3. The maximum absolute atomic E-state index is 12.0. The molecule has 2 unspecified atom stereocenters. The zero-order valence-corrected chi connectivity index (χ0v) is 14.3. The minimum absolute atomic E-state index is 0.00127. The highest BCUT2D eigenvalue weighted by molar-refractivity contribution is 8.13. The van der Waals surface area contributed by atoms with Crippen LogP contribution in [0.5, 0.6) is 0 Å². The number of rotatable bonds is 6. The Labute approximate surface area is 136 Å². The second-order valence-corrected chi connectivity index (χ2v) is 8.69. The monoisotopic (exact) mass is 344 g/mol. The Bertz CT molecular complexity index is 621. The van der Waals surface area contributed by atoms with Crippen molar-refractivity contribution in [1.82, 2.24) is 4.90 Å². The summed E-state index contributed by atoms with van der Waals surface area (Å²) in [4.78, 5) is 15.9. The smallest absolute Gasteiger partial charge is 0.232 e. The van der Waals surface area contributed by atoms with Gasteiger partial charge in [0.2, 0.25) is 15.0 Å². The van der Waals surface area contributed by atoms with Crippen molar-refractivity contribution < 1.29 is 13.2 Å². The third-order valence-electron chi connectivity index (χ3n) is 4.04. The zero-order chi connectivity index (χ0) is 16.3. The Morgan fingerprint density at radius 1 is 1.36 bits per heavy atom. The first-order chi connectivity index (χ1) is 10.3. The fraction of sp³-hybridized carbons (Fsp3) is 0.533. The van der Waals surface area contributed by atoms with E-state index in [4.69, 9.17) is 10.7 Å². The predicted octanol–water partition coefficient (Wildman–Crippen LogP) is 1.93. The molecule has 1 aromatic carbocycles. The molecule has 1 aliphatic heterocycles. The minimum Gasteiger partial charge on any atom is -0.370 e. The van der Waals surface area contributed by atoms with E-state index in [1.54, 1.807) is 4.90 Å². The molecule has 2 atom stereocenters. The Hall–Kier alpha value is -1.27. The minimum atomic E-state index is -3.56. The van der Waals surface area contributed by atoms with Gasteiger partial charge in [0, 0.05) is 54.9 Å². The fourth-order valence-electron chi connectivity index (χ4n) is 2.78. The van der Waals surface area contributed by atoms with Crippen LogP contribution in [0.2, 0.25) is 0 Å². The van der Waals surface area contributed by atoms with Crippen molar-refractivity contribution in [2.75, 3.05) is 30.8 Å². The van der Waals surface area contributed by atoms with Gasteiger partial charge in [0.25, 0.3) is 0 Å². The van der Waals surface area contributed by atoms with E-state index in [-0.39, 0.29) is 30.0 Å². The first-order valence-electron chi connectivity index (χ1n) is 7.24. The summed E-state index contributed by atoms with van der Waals surface area (Å²) in [5, 5.41) is 0. The van der Waals surface area contributed by atoms with Crippen LogP contribution in [0.4, 0.5) is 5.69 Å². The number of likely N-dealkylation sites (tertiary alicyclic amines) is 1. The molecule has 0 N–H and O–H groups in total. The molecular weight excluding hydrogens is 324 g/mol. The maximum atomic E-state index is 12.0. The number of carbonyl (C=O) groups excluding carboxylic acids is 1. The fourth-order valence-corrected chi connectivity index (χ4v) is 4.10. The van der Waals surface area contributed by atoms with Gasteiger partial charge in [-0.25, -0.2) is 8.42 Å². The van der Waals surface area contributed by atoms with E-state index in [1.165, 1.54) is 0 Å². The average Bonchev–Trinajstić information content (AvgIpc) is 2.76. The van der Waals surface area contributed by atoms with Gasteiger partial charge in [-0.1, -0.05) is 18.2 Å². The van der Waals surface area contributed by atoms with Crippen LogP contribution in [0.3, 0.4) is 0 Å². The number of hydrogen-bond acceptors (Lipinski definition) is 4. The Balaban J connectivity index is 1.94. The lowest BCUT2D eigenvalue weighted by Gasteiger charge is -2.30. The number of carbonyl (C=O) groups is 1. The quantitative estimate of drug-likeness (QED) is 0.740. The van der Waals surface area contributed by atoms with Crippen LogP contribution >= 0.6 is 10.7 Å². The number of likely N-dealkylation sites (N-methyl/N-ethyl adjacent to an activating group) is 1. The van der Waals surface area contributed by atoms with Gasteiger partial charge in [0.05, 0.1) is 5.75 Å². The summed E-state index contributed by atoms with van der Waals surface area (Å²) in [6, 6.07) is 10.1. The Kier molecular flexibility index (Phi) is 5.34. The molecule has 1 amide bonds. The molecule has 1 aliphatic rings. The zero-order valence-electron chi connectivity index (χ0n) is 12.8. The highest BCUT2D eigenvalue weighted by Gasteiger charge is 2.33. The van der Waals surface area contributed by atoms with Crippen LogP contribution in [0, 0.1) is 5.92 Å². The SMILES string of the molecule is CC(CN1CC(CS(=O)(=O)Cl)CC1=O)N(C)c1ccccc1. The van der Waals surface area contributed by atoms with E-state index in [0.29, 0.717) is 13.1 Å². The molecule has 2 rings (SSSR count). The molecule has 1 saturated heterocycles. The molecular formula is C15H21ClN2O3S. The van der Waals surface area contributed by atoms with Crippen molar-refractivity contribution in [3.8, 4) is 0 Å². The maximum Gasteiger partial charge on any atom is 0.232 e. The third kappa shape index (κ3) is 4.61. The van der Waals surface area contributed by atoms with Gasteiger partial charge in [-0.3, -0.25) is 4.79 Å². The molecule has 0 aromatic heterocycles. The van der Waals surface area contributed by atoms with Crippen molar-refractivity contribution in [1.29, 1.82) is 0 Å². The molecule has 0 aliphatic carbocycles. The van der Waals surface area contributed by atoms with Crippen LogP contribution < -0.4 is 4.90 Å². The van der Waals surface area contributed by atoms with Gasteiger partial charge in [-0.2, -0.15) is 0 Å². The number of halogens is 1. The molecule has 22 heavy (non-hydrogen) atoms. The van der Waals surface area contributed by atoms with Crippen LogP contribution in [-0.4, -0.2) is 51.2 Å². The van der Waals surface area contributed by atoms with Crippen LogP contribution in [0.15, 0.2) is 30.3 Å². The largest absolute Gasteiger partial charge is 0.370 e. The van der Waals surface area contributed by atoms with E-state index >= 15 is 0 Å². The van der Waals surface area contributed by atoms with Crippen molar-refractivity contribution in [2.45, 2.75) is 19.4 Å². The lowest BCUT2D eigenvalue weighted by Crippen LogP contribution is -2.41. The van der Waals surface area contributed by atoms with Crippen molar-refractivity contribution in [3.05, 3.63) is 30.3 Å². The van der Waals surface area contributed by atoms with Gasteiger partial charge in [0.15, 0.2) is 0 Å². The van der Waals surface area contributed by atoms with E-state index in [9.17, 15) is 13.2 Å². The van der Waals surface area contributed by atoms with Crippen LogP contribution in [0.25, 0.3) is 0 Å². The summed E-state index contributed by atoms with van der Waals surface area (Å²) < 4.78 is 22.3. The highest BCUT2D eigenvalue weighted by atomic mass is 35.7. The predicted molar refractivity (Wildman–Crippen MR) is 88.6 cm³/mol. The van der Waals surface area contributed by atoms with E-state index in [0.717, 1.165) is 5.69 Å². The summed E-state index contributed by atoms with van der Waals surface area (Å²) >= 11 is 0. The van der Waals surface area contributed by atoms with E-state index in [2.05, 4.69) is 4.90 Å². The summed E-state index contributed by atoms with van der Waals surface area (Å²) in [6.45, 7) is 3.08. The normalized spacial score (nSPS) is 20.2. The summed E-state index contributed by atoms with van der Waals surface area (Å²) in [5.74, 6) is -0.345. The van der Waals surface area contributed by atoms with Crippen molar-refractivity contribution in [2.24, 2.45) is 5.92 Å². The molecule has 0 spiro atoms. The highest BCUT2D eigenvalue weighted by Crippen LogP contribution is 2.22. The molecule has 0 bridgehead atoms. The lowest BCUT2D eigenvalue weighted by atomic mass is 10.1. The summed E-state index contributed by atoms with van der Waals surface area (Å²) in [7, 11) is 3.71. The van der Waals surface area contributed by atoms with Crippen molar-refractivity contribution >= 4 is 31.3 Å². The number of anilines is 1. The molecule has 7 heteroatoms. The van der Waals surface area contributed by atoms with E-state index in [1.807, 2.05) is 44.3 Å². The molecule has 122 valence electrons. The second kappa shape index (κ2) is 6.87. The molecule has 0 radical (unpaired) electrons. The van der Waals surface area contributed by atoms with Gasteiger partial charge in [0.1, 0.15) is 0 Å². The Morgan fingerprint density at radius 2 is 2.00 bits per heavy atom. The molecule has 0 saturated carbocycles. The number of para-hydroxylation sites is 1.